The topological polar surface area (TPSA) is 96.5 Å². The maximum Gasteiger partial charge on any atom is 0.329 e. The normalized spacial score (nSPS) is 14.8. The third-order valence-corrected chi connectivity index (χ3v) is 3.80. The van der Waals surface area contributed by atoms with E-state index in [-0.39, 0.29) is 6.03 Å². The van der Waals surface area contributed by atoms with Gasteiger partial charge in [0.1, 0.15) is 11.4 Å². The van der Waals surface area contributed by atoms with E-state index in [1.54, 1.807) is 12.3 Å². The molecule has 4 N–H and O–H groups in total. The molecule has 1 aliphatic rings. The molecule has 0 radical (unpaired) electrons. The Bertz CT molecular complexity index is 743. The summed E-state index contributed by atoms with van der Waals surface area (Å²) in [5.74, 6) is 1.37. The number of benzene rings is 1. The highest BCUT2D eigenvalue weighted by Crippen LogP contribution is 2.27. The second kappa shape index (κ2) is 8.39. The van der Waals surface area contributed by atoms with Crippen LogP contribution in [0.2, 0.25) is 0 Å². The molecule has 8 heteroatoms. The number of carbonyl (C=O) groups is 1. The number of aryl methyl sites for hydroxylation is 2. The van der Waals surface area contributed by atoms with Crippen LogP contribution in [0.25, 0.3) is 0 Å². The number of rotatable bonds is 7. The minimum Gasteiger partial charge on any atom is -0.493 e. The van der Waals surface area contributed by atoms with Gasteiger partial charge in [-0.25, -0.2) is 9.78 Å². The Kier molecular flexibility index (Phi) is 5.75. The van der Waals surface area contributed by atoms with Gasteiger partial charge in [-0.3, -0.25) is 5.43 Å². The fourth-order valence-corrected chi connectivity index (χ4v) is 2.54. The SMILES string of the molecule is Cc1ccc(OCCCNC(=O)NNC2Nc3cccnc3O2)c(C)c1. The number of nitrogens with zero attached hydrogens (tertiary/aromatic N) is 1. The smallest absolute Gasteiger partial charge is 0.329 e. The van der Waals surface area contributed by atoms with Gasteiger partial charge in [-0.2, -0.15) is 5.43 Å². The Labute approximate surface area is 152 Å². The second-order valence-corrected chi connectivity index (χ2v) is 5.99. The maximum atomic E-state index is 11.8. The lowest BCUT2D eigenvalue weighted by Crippen LogP contribution is -2.52. The van der Waals surface area contributed by atoms with Gasteiger partial charge in [0.15, 0.2) is 0 Å². The molecule has 0 spiro atoms. The Balaban J connectivity index is 1.28. The van der Waals surface area contributed by atoms with Crippen molar-refractivity contribution in [3.05, 3.63) is 47.7 Å². The molecule has 2 heterocycles. The Hall–Kier alpha value is -3.00. The molecule has 0 fully saturated rings. The number of pyridine rings is 1. The quantitative estimate of drug-likeness (QED) is 0.447. The zero-order valence-electron chi connectivity index (χ0n) is 14.8. The van der Waals surface area contributed by atoms with Gasteiger partial charge in [0, 0.05) is 12.7 Å². The van der Waals surface area contributed by atoms with Crippen LogP contribution >= 0.6 is 0 Å². The predicted octanol–water partition coefficient (Wildman–Crippen LogP) is 2.06. The molecule has 2 amide bonds. The highest BCUT2D eigenvalue weighted by molar-refractivity contribution is 5.73. The summed E-state index contributed by atoms with van der Waals surface area (Å²) in [6.07, 6.45) is 1.79. The number of hydrazine groups is 1. The molecule has 0 bridgehead atoms. The van der Waals surface area contributed by atoms with Crippen LogP contribution in [-0.4, -0.2) is 30.5 Å². The molecule has 8 nitrogen and oxygen atoms in total. The van der Waals surface area contributed by atoms with E-state index in [9.17, 15) is 4.79 Å². The van der Waals surface area contributed by atoms with Crippen LogP contribution in [0, 0.1) is 13.8 Å². The second-order valence-electron chi connectivity index (χ2n) is 5.99. The van der Waals surface area contributed by atoms with E-state index in [1.807, 2.05) is 25.1 Å². The van der Waals surface area contributed by atoms with Crippen molar-refractivity contribution >= 4 is 11.7 Å². The van der Waals surface area contributed by atoms with Crippen LogP contribution in [0.1, 0.15) is 17.5 Å². The van der Waals surface area contributed by atoms with Gasteiger partial charge in [-0.05, 0) is 44.0 Å². The van der Waals surface area contributed by atoms with Crippen molar-refractivity contribution in [2.24, 2.45) is 0 Å². The van der Waals surface area contributed by atoms with Crippen LogP contribution in [0.15, 0.2) is 36.5 Å². The average Bonchev–Trinajstić information content (AvgIpc) is 3.04. The third kappa shape index (κ3) is 4.76. The zero-order valence-corrected chi connectivity index (χ0v) is 14.8. The van der Waals surface area contributed by atoms with Crippen LogP contribution < -0.4 is 31.0 Å². The first-order valence-electron chi connectivity index (χ1n) is 8.49. The van der Waals surface area contributed by atoms with Gasteiger partial charge in [-0.15, -0.1) is 0 Å². The Morgan fingerprint density at radius 1 is 1.35 bits per heavy atom. The van der Waals surface area contributed by atoms with Crippen LogP contribution in [0.4, 0.5) is 10.5 Å². The number of fused-ring (bicyclic) bond motifs is 1. The van der Waals surface area contributed by atoms with Crippen molar-refractivity contribution in [2.45, 2.75) is 26.6 Å². The van der Waals surface area contributed by atoms with Crippen molar-refractivity contribution < 1.29 is 14.3 Å². The molecule has 1 aromatic carbocycles. The van der Waals surface area contributed by atoms with Crippen molar-refractivity contribution in [1.82, 2.24) is 21.2 Å². The summed E-state index contributed by atoms with van der Waals surface area (Å²) in [7, 11) is 0. The lowest BCUT2D eigenvalue weighted by Gasteiger charge is -2.14. The van der Waals surface area contributed by atoms with Gasteiger partial charge in [0.25, 0.3) is 0 Å². The van der Waals surface area contributed by atoms with E-state index in [0.717, 1.165) is 17.0 Å². The summed E-state index contributed by atoms with van der Waals surface area (Å²) >= 11 is 0. The summed E-state index contributed by atoms with van der Waals surface area (Å²) in [5.41, 5.74) is 8.36. The summed E-state index contributed by atoms with van der Waals surface area (Å²) in [4.78, 5) is 15.8. The van der Waals surface area contributed by atoms with E-state index in [2.05, 4.69) is 39.5 Å². The van der Waals surface area contributed by atoms with Gasteiger partial charge in [0.2, 0.25) is 12.2 Å². The zero-order chi connectivity index (χ0) is 18.4. The number of carbonyl (C=O) groups excluding carboxylic acids is 1. The predicted molar refractivity (Wildman–Crippen MR) is 98.0 cm³/mol. The van der Waals surface area contributed by atoms with Gasteiger partial charge in [-0.1, -0.05) is 17.7 Å². The highest BCUT2D eigenvalue weighted by atomic mass is 16.5. The molecule has 26 heavy (non-hydrogen) atoms. The molecule has 138 valence electrons. The van der Waals surface area contributed by atoms with Gasteiger partial charge in [0.05, 0.1) is 6.61 Å². The standard InChI is InChI=1S/C18H23N5O3/c1-12-6-7-15(13(2)11-12)25-10-4-9-20-17(24)22-23-18-21-14-5-3-8-19-16(14)26-18/h3,5-8,11,18,21,23H,4,9-10H2,1-2H3,(H2,20,22,24). The van der Waals surface area contributed by atoms with E-state index in [1.165, 1.54) is 5.56 Å². The maximum absolute atomic E-state index is 11.8. The molecule has 1 aliphatic heterocycles. The number of nitrogens with one attached hydrogen (secondary N) is 4. The molecule has 1 aromatic heterocycles. The number of urea groups is 1. The summed E-state index contributed by atoms with van der Waals surface area (Å²) in [6, 6.07) is 9.38. The Morgan fingerprint density at radius 2 is 2.23 bits per heavy atom. The lowest BCUT2D eigenvalue weighted by atomic mass is 10.1. The van der Waals surface area contributed by atoms with E-state index >= 15 is 0 Å². The number of aromatic nitrogens is 1. The number of amides is 2. The van der Waals surface area contributed by atoms with E-state index in [4.69, 9.17) is 9.47 Å². The summed E-state index contributed by atoms with van der Waals surface area (Å²) < 4.78 is 11.2. The molecule has 1 atom stereocenters. The van der Waals surface area contributed by atoms with Crippen LogP contribution in [0.3, 0.4) is 0 Å². The van der Waals surface area contributed by atoms with E-state index < -0.39 is 6.35 Å². The van der Waals surface area contributed by atoms with Crippen LogP contribution in [0.5, 0.6) is 11.6 Å². The molecule has 1 unspecified atom stereocenters. The average molecular weight is 357 g/mol. The fourth-order valence-electron chi connectivity index (χ4n) is 2.54. The molecule has 0 saturated heterocycles. The monoisotopic (exact) mass is 357 g/mol. The van der Waals surface area contributed by atoms with Gasteiger partial charge >= 0.3 is 6.03 Å². The van der Waals surface area contributed by atoms with Crippen molar-refractivity contribution in [2.75, 3.05) is 18.5 Å². The van der Waals surface area contributed by atoms with Crippen molar-refractivity contribution in [1.29, 1.82) is 0 Å². The third-order valence-electron chi connectivity index (χ3n) is 3.80. The molecule has 3 rings (SSSR count). The van der Waals surface area contributed by atoms with Crippen molar-refractivity contribution in [3.63, 3.8) is 0 Å². The first kappa shape index (κ1) is 17.8. The van der Waals surface area contributed by atoms with Crippen LogP contribution in [-0.2, 0) is 0 Å². The summed E-state index contributed by atoms with van der Waals surface area (Å²) in [6.45, 7) is 5.10. The minimum atomic E-state index is -0.557. The van der Waals surface area contributed by atoms with Crippen molar-refractivity contribution in [3.8, 4) is 11.6 Å². The fraction of sp³-hybridized carbons (Fsp3) is 0.333. The summed E-state index contributed by atoms with van der Waals surface area (Å²) in [5, 5.41) is 5.78. The Morgan fingerprint density at radius 3 is 3.04 bits per heavy atom. The molecule has 2 aromatic rings. The number of anilines is 1. The number of ether oxygens (including phenoxy) is 2. The number of hydrogen-bond donors (Lipinski definition) is 4. The molecule has 0 aliphatic carbocycles. The highest BCUT2D eigenvalue weighted by Gasteiger charge is 2.22. The lowest BCUT2D eigenvalue weighted by molar-refractivity contribution is 0.179. The molecular formula is C18H23N5O3. The first-order chi connectivity index (χ1) is 12.6. The number of hydrogen-bond acceptors (Lipinski definition) is 6. The largest absolute Gasteiger partial charge is 0.493 e. The first-order valence-corrected chi connectivity index (χ1v) is 8.49. The van der Waals surface area contributed by atoms with Gasteiger partial charge < -0.3 is 20.1 Å². The molecule has 0 saturated carbocycles. The van der Waals surface area contributed by atoms with E-state index in [0.29, 0.717) is 25.5 Å². The minimum absolute atomic E-state index is 0.342. The molecular weight excluding hydrogens is 334 g/mol.